The topological polar surface area (TPSA) is 25.8 Å². The van der Waals surface area contributed by atoms with Crippen molar-refractivity contribution in [3.8, 4) is 10.6 Å². The Morgan fingerprint density at radius 3 is 2.46 bits per heavy atom. The fourth-order valence-corrected chi connectivity index (χ4v) is 2.13. The second kappa shape index (κ2) is 3.26. The van der Waals surface area contributed by atoms with Gasteiger partial charge in [0.25, 0.3) is 0 Å². The van der Waals surface area contributed by atoms with Gasteiger partial charge in [-0.05, 0) is 26.0 Å². The Bertz CT molecular complexity index is 420. The van der Waals surface area contributed by atoms with Crippen LogP contribution in [-0.4, -0.2) is 9.97 Å². The molecule has 0 bridgehead atoms. The van der Waals surface area contributed by atoms with Gasteiger partial charge in [0.05, 0.1) is 10.6 Å². The van der Waals surface area contributed by atoms with Crippen LogP contribution in [0.5, 0.6) is 0 Å². The highest BCUT2D eigenvalue weighted by atomic mass is 32.1. The van der Waals surface area contributed by atoms with Crippen molar-refractivity contribution < 1.29 is 0 Å². The summed E-state index contributed by atoms with van der Waals surface area (Å²) >= 11 is 1.75. The predicted molar refractivity (Wildman–Crippen MR) is 54.8 cm³/mol. The maximum atomic E-state index is 4.31. The third kappa shape index (κ3) is 1.60. The van der Waals surface area contributed by atoms with Crippen molar-refractivity contribution in [3.05, 3.63) is 35.1 Å². The molecule has 0 radical (unpaired) electrons. The molecule has 2 rings (SSSR count). The number of rotatable bonds is 1. The van der Waals surface area contributed by atoms with Crippen LogP contribution in [-0.2, 0) is 0 Å². The molecule has 0 aromatic carbocycles. The highest BCUT2D eigenvalue weighted by Crippen LogP contribution is 2.26. The molecule has 3 heteroatoms. The van der Waals surface area contributed by atoms with Gasteiger partial charge < -0.3 is 0 Å². The minimum absolute atomic E-state index is 0.990. The number of thiophene rings is 1. The molecule has 0 aliphatic rings. The van der Waals surface area contributed by atoms with Crippen molar-refractivity contribution in [2.24, 2.45) is 0 Å². The van der Waals surface area contributed by atoms with E-state index in [4.69, 9.17) is 0 Å². The van der Waals surface area contributed by atoms with Gasteiger partial charge in [-0.15, -0.1) is 11.3 Å². The third-order valence-corrected chi connectivity index (χ3v) is 2.86. The first-order valence-electron chi connectivity index (χ1n) is 4.12. The highest BCUT2D eigenvalue weighted by Gasteiger charge is 2.04. The van der Waals surface area contributed by atoms with Crippen LogP contribution in [0.25, 0.3) is 10.6 Å². The van der Waals surface area contributed by atoms with E-state index >= 15 is 0 Å². The van der Waals surface area contributed by atoms with Gasteiger partial charge in [-0.3, -0.25) is 9.97 Å². The Hall–Kier alpha value is -1.22. The summed E-state index contributed by atoms with van der Waals surface area (Å²) in [7, 11) is 0. The van der Waals surface area contributed by atoms with E-state index in [0.29, 0.717) is 0 Å². The fourth-order valence-electron chi connectivity index (χ4n) is 1.21. The molecule has 0 aliphatic carbocycles. The molecular formula is C10H10N2S. The zero-order valence-corrected chi connectivity index (χ0v) is 8.43. The van der Waals surface area contributed by atoms with E-state index in [1.165, 1.54) is 9.75 Å². The van der Waals surface area contributed by atoms with Crippen molar-refractivity contribution in [3.63, 3.8) is 0 Å². The van der Waals surface area contributed by atoms with Gasteiger partial charge in [0.15, 0.2) is 0 Å². The van der Waals surface area contributed by atoms with Gasteiger partial charge in [0.1, 0.15) is 5.69 Å². The number of hydrogen-bond acceptors (Lipinski definition) is 3. The van der Waals surface area contributed by atoms with Gasteiger partial charge in [-0.1, -0.05) is 0 Å². The minimum Gasteiger partial charge on any atom is -0.258 e. The minimum atomic E-state index is 0.990. The molecular weight excluding hydrogens is 180 g/mol. The number of aromatic nitrogens is 2. The van der Waals surface area contributed by atoms with Gasteiger partial charge in [0.2, 0.25) is 0 Å². The SMILES string of the molecule is Cc1ccc(-c2nccnc2C)s1. The van der Waals surface area contributed by atoms with Gasteiger partial charge in [0, 0.05) is 17.3 Å². The summed E-state index contributed by atoms with van der Waals surface area (Å²) in [6.45, 7) is 4.08. The summed E-state index contributed by atoms with van der Waals surface area (Å²) < 4.78 is 0. The van der Waals surface area contributed by atoms with Crippen molar-refractivity contribution in [1.29, 1.82) is 0 Å². The smallest absolute Gasteiger partial charge is 0.101 e. The van der Waals surface area contributed by atoms with E-state index in [-0.39, 0.29) is 0 Å². The van der Waals surface area contributed by atoms with Crippen LogP contribution in [0.15, 0.2) is 24.5 Å². The zero-order valence-electron chi connectivity index (χ0n) is 7.61. The van der Waals surface area contributed by atoms with E-state index in [1.807, 2.05) is 6.92 Å². The fraction of sp³-hybridized carbons (Fsp3) is 0.200. The molecule has 0 saturated carbocycles. The van der Waals surface area contributed by atoms with E-state index in [1.54, 1.807) is 23.7 Å². The maximum Gasteiger partial charge on any atom is 0.101 e. The molecule has 0 atom stereocenters. The van der Waals surface area contributed by atoms with E-state index in [0.717, 1.165) is 11.4 Å². The van der Waals surface area contributed by atoms with E-state index < -0.39 is 0 Å². The lowest BCUT2D eigenvalue weighted by atomic mass is 10.3. The summed E-state index contributed by atoms with van der Waals surface area (Å²) in [5.74, 6) is 0. The number of aryl methyl sites for hydroxylation is 2. The summed E-state index contributed by atoms with van der Waals surface area (Å²) in [5.41, 5.74) is 1.99. The largest absolute Gasteiger partial charge is 0.258 e. The molecule has 0 spiro atoms. The molecule has 2 heterocycles. The van der Waals surface area contributed by atoms with Crippen LogP contribution in [0.4, 0.5) is 0 Å². The van der Waals surface area contributed by atoms with Gasteiger partial charge in [-0.2, -0.15) is 0 Å². The van der Waals surface area contributed by atoms with Crippen molar-refractivity contribution >= 4 is 11.3 Å². The van der Waals surface area contributed by atoms with E-state index in [9.17, 15) is 0 Å². The summed E-state index contributed by atoms with van der Waals surface area (Å²) in [6.07, 6.45) is 3.46. The molecule has 0 aliphatic heterocycles. The van der Waals surface area contributed by atoms with Crippen molar-refractivity contribution in [2.45, 2.75) is 13.8 Å². The Kier molecular flexibility index (Phi) is 2.10. The molecule has 2 aromatic heterocycles. The third-order valence-electron chi connectivity index (χ3n) is 1.85. The van der Waals surface area contributed by atoms with Crippen LogP contribution in [0, 0.1) is 13.8 Å². The standard InChI is InChI=1S/C10H10N2S/c1-7-3-4-9(13-7)10-8(2)11-5-6-12-10/h3-6H,1-2H3. The highest BCUT2D eigenvalue weighted by molar-refractivity contribution is 7.15. The molecule has 0 amide bonds. The van der Waals surface area contributed by atoms with Gasteiger partial charge in [-0.25, -0.2) is 0 Å². The molecule has 0 fully saturated rings. The summed E-state index contributed by atoms with van der Waals surface area (Å²) in [5, 5.41) is 0. The molecule has 13 heavy (non-hydrogen) atoms. The van der Waals surface area contributed by atoms with Crippen LogP contribution in [0.3, 0.4) is 0 Å². The lowest BCUT2D eigenvalue weighted by molar-refractivity contribution is 1.13. The Balaban J connectivity index is 2.52. The Morgan fingerprint density at radius 2 is 1.85 bits per heavy atom. The first-order chi connectivity index (χ1) is 6.27. The molecule has 0 N–H and O–H groups in total. The lowest BCUT2D eigenvalue weighted by Gasteiger charge is -1.98. The van der Waals surface area contributed by atoms with Crippen LogP contribution >= 0.6 is 11.3 Å². The number of nitrogens with zero attached hydrogens (tertiary/aromatic N) is 2. The summed E-state index contributed by atoms with van der Waals surface area (Å²) in [4.78, 5) is 11.0. The second-order valence-electron chi connectivity index (χ2n) is 2.90. The second-order valence-corrected chi connectivity index (χ2v) is 4.19. The molecule has 2 nitrogen and oxygen atoms in total. The first-order valence-corrected chi connectivity index (χ1v) is 4.93. The Labute approximate surface area is 81.3 Å². The molecule has 0 unspecified atom stereocenters. The molecule has 2 aromatic rings. The first kappa shape index (κ1) is 8.38. The van der Waals surface area contributed by atoms with Crippen LogP contribution in [0.1, 0.15) is 10.6 Å². The maximum absolute atomic E-state index is 4.31. The van der Waals surface area contributed by atoms with Crippen LogP contribution in [0.2, 0.25) is 0 Å². The normalized spacial score (nSPS) is 10.3. The van der Waals surface area contributed by atoms with Gasteiger partial charge >= 0.3 is 0 Å². The predicted octanol–water partition coefficient (Wildman–Crippen LogP) is 2.82. The zero-order chi connectivity index (χ0) is 9.26. The van der Waals surface area contributed by atoms with Crippen molar-refractivity contribution in [2.75, 3.05) is 0 Å². The average molecular weight is 190 g/mol. The summed E-state index contributed by atoms with van der Waals surface area (Å²) in [6, 6.07) is 4.20. The van der Waals surface area contributed by atoms with E-state index in [2.05, 4.69) is 29.0 Å². The molecule has 0 saturated heterocycles. The molecule has 66 valence electrons. The van der Waals surface area contributed by atoms with Crippen molar-refractivity contribution in [1.82, 2.24) is 9.97 Å². The quantitative estimate of drug-likeness (QED) is 0.691. The monoisotopic (exact) mass is 190 g/mol. The average Bonchev–Trinajstić information content (AvgIpc) is 2.53. The Morgan fingerprint density at radius 1 is 1.08 bits per heavy atom. The lowest BCUT2D eigenvalue weighted by Crippen LogP contribution is -1.87. The number of hydrogen-bond donors (Lipinski definition) is 0. The van der Waals surface area contributed by atoms with Crippen LogP contribution < -0.4 is 0 Å².